The van der Waals surface area contributed by atoms with E-state index in [0.29, 0.717) is 5.92 Å². The van der Waals surface area contributed by atoms with Crippen molar-refractivity contribution in [3.05, 3.63) is 16.9 Å². The monoisotopic (exact) mass is 273 g/mol. The van der Waals surface area contributed by atoms with Crippen LogP contribution >= 0.6 is 15.9 Å². The van der Waals surface area contributed by atoms with Gasteiger partial charge in [-0.25, -0.2) is 0 Å². The lowest BCUT2D eigenvalue weighted by Gasteiger charge is -2.31. The van der Waals surface area contributed by atoms with Crippen molar-refractivity contribution in [1.82, 2.24) is 15.1 Å². The van der Waals surface area contributed by atoms with E-state index in [1.165, 1.54) is 12.8 Å². The van der Waals surface area contributed by atoms with Gasteiger partial charge in [-0.15, -0.1) is 0 Å². The van der Waals surface area contributed by atoms with Gasteiger partial charge in [-0.05, 0) is 41.7 Å². The number of hydrogen-bond donors (Lipinski definition) is 2. The molecular formula is C10H16BrN3O. The van der Waals surface area contributed by atoms with E-state index >= 15 is 0 Å². The van der Waals surface area contributed by atoms with Crippen LogP contribution in [0.25, 0.3) is 0 Å². The zero-order valence-electron chi connectivity index (χ0n) is 8.78. The molecule has 2 rings (SSSR count). The van der Waals surface area contributed by atoms with Gasteiger partial charge in [0.1, 0.15) is 0 Å². The Morgan fingerprint density at radius 1 is 1.73 bits per heavy atom. The summed E-state index contributed by atoms with van der Waals surface area (Å²) in [5.41, 5.74) is -0.203. The maximum atomic E-state index is 9.54. The Morgan fingerprint density at radius 2 is 2.47 bits per heavy atom. The van der Waals surface area contributed by atoms with Crippen LogP contribution in [0.1, 0.15) is 12.8 Å². The highest BCUT2D eigenvalue weighted by molar-refractivity contribution is 9.10. The number of likely N-dealkylation sites (N-methyl/N-ethyl adjacent to an activating group) is 1. The van der Waals surface area contributed by atoms with Crippen LogP contribution in [-0.4, -0.2) is 34.1 Å². The summed E-state index contributed by atoms with van der Waals surface area (Å²) in [5.74, 6) is 0.579. The maximum absolute atomic E-state index is 9.54. The molecule has 0 saturated heterocycles. The smallest absolute Gasteiger partial charge is 0.0638 e. The second-order valence-corrected chi connectivity index (χ2v) is 5.11. The van der Waals surface area contributed by atoms with Crippen LogP contribution < -0.4 is 5.32 Å². The van der Waals surface area contributed by atoms with Gasteiger partial charge < -0.3 is 10.4 Å². The molecule has 0 aliphatic heterocycles. The number of rotatable bonds is 5. The van der Waals surface area contributed by atoms with Gasteiger partial charge in [0.05, 0.1) is 29.4 Å². The molecule has 4 nitrogen and oxygen atoms in total. The van der Waals surface area contributed by atoms with E-state index in [1.54, 1.807) is 6.20 Å². The summed E-state index contributed by atoms with van der Waals surface area (Å²) in [5, 5.41) is 17.0. The molecular weight excluding hydrogens is 258 g/mol. The minimum atomic E-state index is -0.203. The van der Waals surface area contributed by atoms with Crippen molar-refractivity contribution in [3.63, 3.8) is 0 Å². The molecule has 1 heterocycles. The Labute approximate surface area is 97.8 Å². The number of hydrogen-bond acceptors (Lipinski definition) is 3. The van der Waals surface area contributed by atoms with E-state index in [4.69, 9.17) is 0 Å². The molecule has 0 bridgehead atoms. The molecule has 0 aromatic carbocycles. The van der Waals surface area contributed by atoms with E-state index in [1.807, 2.05) is 17.9 Å². The molecule has 1 aromatic heterocycles. The van der Waals surface area contributed by atoms with Crippen molar-refractivity contribution in [3.8, 4) is 0 Å². The highest BCUT2D eigenvalue weighted by Crippen LogP contribution is 2.40. The molecule has 1 aromatic rings. The predicted octanol–water partition coefficient (Wildman–Crippen LogP) is 1.01. The molecule has 1 unspecified atom stereocenters. The minimum absolute atomic E-state index is 0.158. The summed E-state index contributed by atoms with van der Waals surface area (Å²) in [6, 6.07) is 0. The van der Waals surface area contributed by atoms with Gasteiger partial charge in [-0.1, -0.05) is 0 Å². The van der Waals surface area contributed by atoms with Crippen LogP contribution in [0, 0.1) is 5.92 Å². The van der Waals surface area contributed by atoms with Gasteiger partial charge in [0.25, 0.3) is 0 Å². The molecule has 0 amide bonds. The third-order valence-corrected chi connectivity index (χ3v) is 3.59. The highest BCUT2D eigenvalue weighted by Gasteiger charge is 2.44. The Morgan fingerprint density at radius 3 is 2.87 bits per heavy atom. The van der Waals surface area contributed by atoms with Crippen molar-refractivity contribution in [1.29, 1.82) is 0 Å². The number of aliphatic hydroxyl groups excluding tert-OH is 1. The minimum Gasteiger partial charge on any atom is -0.394 e. The zero-order chi connectivity index (χ0) is 10.9. The predicted molar refractivity (Wildman–Crippen MR) is 61.5 cm³/mol. The summed E-state index contributed by atoms with van der Waals surface area (Å²) < 4.78 is 2.84. The number of nitrogens with zero attached hydrogens (tertiary/aromatic N) is 2. The average molecular weight is 274 g/mol. The summed E-state index contributed by atoms with van der Waals surface area (Å²) >= 11 is 3.37. The van der Waals surface area contributed by atoms with Crippen LogP contribution in [0.3, 0.4) is 0 Å². The lowest BCUT2D eigenvalue weighted by atomic mass is 9.94. The van der Waals surface area contributed by atoms with Crippen molar-refractivity contribution in [2.75, 3.05) is 13.7 Å². The second-order valence-electron chi connectivity index (χ2n) is 4.19. The molecule has 1 aliphatic carbocycles. The Balaban J connectivity index is 2.12. The number of aliphatic hydroxyl groups is 1. The van der Waals surface area contributed by atoms with E-state index in [9.17, 15) is 5.11 Å². The highest BCUT2D eigenvalue weighted by atomic mass is 79.9. The van der Waals surface area contributed by atoms with Crippen LogP contribution in [0.15, 0.2) is 16.9 Å². The second kappa shape index (κ2) is 4.23. The summed E-state index contributed by atoms with van der Waals surface area (Å²) in [6.07, 6.45) is 6.10. The fourth-order valence-electron chi connectivity index (χ4n) is 2.02. The van der Waals surface area contributed by atoms with Gasteiger partial charge in [-0.3, -0.25) is 4.68 Å². The molecule has 84 valence electrons. The van der Waals surface area contributed by atoms with Crippen molar-refractivity contribution >= 4 is 15.9 Å². The van der Waals surface area contributed by atoms with Crippen LogP contribution in [0.5, 0.6) is 0 Å². The van der Waals surface area contributed by atoms with Crippen LogP contribution in [0.4, 0.5) is 0 Å². The van der Waals surface area contributed by atoms with Crippen molar-refractivity contribution in [2.24, 2.45) is 5.92 Å². The lowest BCUT2D eigenvalue weighted by Crippen LogP contribution is -2.52. The van der Waals surface area contributed by atoms with Crippen molar-refractivity contribution in [2.45, 2.75) is 24.9 Å². The normalized spacial score (nSPS) is 20.2. The molecule has 0 radical (unpaired) electrons. The number of halogens is 1. The molecule has 2 N–H and O–H groups in total. The average Bonchev–Trinajstić information content (AvgIpc) is 3.01. The molecule has 15 heavy (non-hydrogen) atoms. The first-order valence-electron chi connectivity index (χ1n) is 5.18. The molecule has 1 aliphatic rings. The Hall–Kier alpha value is -0.390. The van der Waals surface area contributed by atoms with Gasteiger partial charge in [0.2, 0.25) is 0 Å². The Kier molecular flexibility index (Phi) is 3.13. The first-order valence-corrected chi connectivity index (χ1v) is 5.97. The molecule has 1 atom stereocenters. The van der Waals surface area contributed by atoms with E-state index in [0.717, 1.165) is 11.0 Å². The standard InChI is InChI=1S/C10H16BrN3O/c1-12-10(7-15,8-2-3-8)6-14-5-9(11)4-13-14/h4-5,8,12,15H,2-3,6-7H2,1H3. The van der Waals surface area contributed by atoms with E-state index < -0.39 is 0 Å². The van der Waals surface area contributed by atoms with Crippen LogP contribution in [0.2, 0.25) is 0 Å². The zero-order valence-corrected chi connectivity index (χ0v) is 10.4. The van der Waals surface area contributed by atoms with Gasteiger partial charge in [0, 0.05) is 6.20 Å². The first-order chi connectivity index (χ1) is 7.20. The third-order valence-electron chi connectivity index (χ3n) is 3.18. The van der Waals surface area contributed by atoms with Gasteiger partial charge in [-0.2, -0.15) is 5.10 Å². The van der Waals surface area contributed by atoms with Crippen LogP contribution in [-0.2, 0) is 6.54 Å². The largest absolute Gasteiger partial charge is 0.394 e. The number of aromatic nitrogens is 2. The molecule has 1 saturated carbocycles. The summed E-state index contributed by atoms with van der Waals surface area (Å²) in [7, 11) is 1.91. The summed E-state index contributed by atoms with van der Waals surface area (Å²) in [6.45, 7) is 0.877. The Bertz CT molecular complexity index is 331. The van der Waals surface area contributed by atoms with E-state index in [2.05, 4.69) is 26.3 Å². The lowest BCUT2D eigenvalue weighted by molar-refractivity contribution is 0.126. The molecule has 1 fully saturated rings. The maximum Gasteiger partial charge on any atom is 0.0638 e. The van der Waals surface area contributed by atoms with Crippen molar-refractivity contribution < 1.29 is 5.11 Å². The first kappa shape index (κ1) is 11.1. The summed E-state index contributed by atoms with van der Waals surface area (Å²) in [4.78, 5) is 0. The fraction of sp³-hybridized carbons (Fsp3) is 0.700. The molecule has 0 spiro atoms. The van der Waals surface area contributed by atoms with Gasteiger partial charge >= 0.3 is 0 Å². The quantitative estimate of drug-likeness (QED) is 0.842. The van der Waals surface area contributed by atoms with Gasteiger partial charge in [0.15, 0.2) is 0 Å². The molecule has 5 heteroatoms. The topological polar surface area (TPSA) is 50.1 Å². The SMILES string of the molecule is CNC(CO)(Cn1cc(Br)cn1)C1CC1. The fourth-order valence-corrected chi connectivity index (χ4v) is 2.35. The van der Waals surface area contributed by atoms with E-state index in [-0.39, 0.29) is 12.1 Å². The number of nitrogens with one attached hydrogen (secondary N) is 1. The third kappa shape index (κ3) is 2.24.